The first-order valence-corrected chi connectivity index (χ1v) is 4.83. The number of nitrogens with two attached hydrogens (primary N) is 1. The van der Waals surface area contributed by atoms with Crippen molar-refractivity contribution in [2.45, 2.75) is 18.9 Å². The molecule has 0 saturated heterocycles. The molecule has 1 aromatic carbocycles. The Morgan fingerprint density at radius 3 is 3.00 bits per heavy atom. The first kappa shape index (κ1) is 11.6. The van der Waals surface area contributed by atoms with Gasteiger partial charge in [0.1, 0.15) is 5.75 Å². The molecule has 0 saturated carbocycles. The molecule has 0 bridgehead atoms. The van der Waals surface area contributed by atoms with Crippen molar-refractivity contribution >= 4 is 24.0 Å². The second kappa shape index (κ2) is 4.87. The number of ether oxygens (including phenoxy) is 1. The summed E-state index contributed by atoms with van der Waals surface area (Å²) in [5, 5.41) is 0.662. The minimum absolute atomic E-state index is 0. The van der Waals surface area contributed by atoms with Crippen molar-refractivity contribution in [2.24, 2.45) is 5.73 Å². The minimum atomic E-state index is 0. The van der Waals surface area contributed by atoms with Crippen LogP contribution in [0.4, 0.5) is 0 Å². The topological polar surface area (TPSA) is 35.2 Å². The summed E-state index contributed by atoms with van der Waals surface area (Å²) in [5.41, 5.74) is 7.01. The Hall–Kier alpha value is -0.440. The van der Waals surface area contributed by atoms with Crippen LogP contribution in [0, 0.1) is 0 Å². The summed E-state index contributed by atoms with van der Waals surface area (Å²) in [4.78, 5) is 0. The Labute approximate surface area is 94.8 Å². The SMILES string of the molecule is Cl.NC1CCCOc2c(Cl)cccc21. The van der Waals surface area contributed by atoms with E-state index in [1.807, 2.05) is 18.2 Å². The highest BCUT2D eigenvalue weighted by Gasteiger charge is 2.17. The Kier molecular flexibility index (Phi) is 4.05. The highest BCUT2D eigenvalue weighted by molar-refractivity contribution is 6.32. The van der Waals surface area contributed by atoms with Crippen LogP contribution in [0.2, 0.25) is 5.02 Å². The standard InChI is InChI=1S/C10H12ClNO.ClH/c11-8-4-1-3-7-9(12)5-2-6-13-10(7)8;/h1,3-4,9H,2,5-6,12H2;1H. The Bertz CT molecular complexity index is 317. The molecule has 1 aromatic rings. The molecule has 14 heavy (non-hydrogen) atoms. The Morgan fingerprint density at radius 2 is 2.21 bits per heavy atom. The van der Waals surface area contributed by atoms with Gasteiger partial charge in [-0.1, -0.05) is 23.7 Å². The molecule has 4 heteroatoms. The van der Waals surface area contributed by atoms with Crippen LogP contribution in [-0.4, -0.2) is 6.61 Å². The molecule has 78 valence electrons. The number of rotatable bonds is 0. The first-order chi connectivity index (χ1) is 6.29. The van der Waals surface area contributed by atoms with Crippen LogP contribution in [-0.2, 0) is 0 Å². The van der Waals surface area contributed by atoms with E-state index in [2.05, 4.69) is 0 Å². The van der Waals surface area contributed by atoms with E-state index in [0.717, 1.165) is 24.2 Å². The second-order valence-corrected chi connectivity index (χ2v) is 3.66. The summed E-state index contributed by atoms with van der Waals surface area (Å²) in [5.74, 6) is 0.772. The molecule has 0 fully saturated rings. The van der Waals surface area contributed by atoms with Gasteiger partial charge in [-0.25, -0.2) is 0 Å². The number of para-hydroxylation sites is 1. The summed E-state index contributed by atoms with van der Waals surface area (Å²) in [7, 11) is 0. The summed E-state index contributed by atoms with van der Waals surface area (Å²) >= 11 is 6.00. The maximum absolute atomic E-state index is 6.00. The second-order valence-electron chi connectivity index (χ2n) is 3.26. The van der Waals surface area contributed by atoms with E-state index in [9.17, 15) is 0 Å². The number of benzene rings is 1. The molecule has 1 atom stereocenters. The van der Waals surface area contributed by atoms with Gasteiger partial charge in [0.15, 0.2) is 0 Å². The average Bonchev–Trinajstić information content (AvgIpc) is 2.30. The quantitative estimate of drug-likeness (QED) is 0.748. The summed E-state index contributed by atoms with van der Waals surface area (Å²) < 4.78 is 5.54. The molecule has 1 aliphatic heterocycles. The van der Waals surface area contributed by atoms with Gasteiger partial charge in [0.05, 0.1) is 11.6 Å². The van der Waals surface area contributed by atoms with Crippen LogP contribution in [0.3, 0.4) is 0 Å². The van der Waals surface area contributed by atoms with Crippen molar-refractivity contribution in [1.29, 1.82) is 0 Å². The number of hydrogen-bond acceptors (Lipinski definition) is 2. The normalized spacial score (nSPS) is 20.0. The number of hydrogen-bond donors (Lipinski definition) is 1. The lowest BCUT2D eigenvalue weighted by Crippen LogP contribution is -2.08. The van der Waals surface area contributed by atoms with Crippen LogP contribution < -0.4 is 10.5 Å². The van der Waals surface area contributed by atoms with Gasteiger partial charge in [-0.2, -0.15) is 0 Å². The lowest BCUT2D eigenvalue weighted by Gasteiger charge is -2.12. The van der Waals surface area contributed by atoms with Gasteiger partial charge in [0.25, 0.3) is 0 Å². The summed E-state index contributed by atoms with van der Waals surface area (Å²) in [6, 6.07) is 5.79. The zero-order chi connectivity index (χ0) is 9.26. The van der Waals surface area contributed by atoms with Crippen LogP contribution in [0.25, 0.3) is 0 Å². The van der Waals surface area contributed by atoms with Crippen LogP contribution >= 0.6 is 24.0 Å². The molecule has 0 amide bonds. The third-order valence-corrected chi connectivity index (χ3v) is 2.60. The summed E-state index contributed by atoms with van der Waals surface area (Å²) in [6.45, 7) is 0.713. The van der Waals surface area contributed by atoms with Crippen molar-refractivity contribution in [3.63, 3.8) is 0 Å². The Balaban J connectivity index is 0.000000980. The average molecular weight is 234 g/mol. The zero-order valence-corrected chi connectivity index (χ0v) is 9.27. The monoisotopic (exact) mass is 233 g/mol. The third kappa shape index (κ3) is 2.14. The fourth-order valence-electron chi connectivity index (χ4n) is 1.60. The van der Waals surface area contributed by atoms with E-state index in [4.69, 9.17) is 22.1 Å². The highest BCUT2D eigenvalue weighted by Crippen LogP contribution is 2.35. The van der Waals surface area contributed by atoms with Crippen molar-refractivity contribution in [1.82, 2.24) is 0 Å². The zero-order valence-electron chi connectivity index (χ0n) is 7.70. The molecule has 0 aliphatic carbocycles. The van der Waals surface area contributed by atoms with E-state index < -0.39 is 0 Å². The van der Waals surface area contributed by atoms with Crippen molar-refractivity contribution in [2.75, 3.05) is 6.61 Å². The minimum Gasteiger partial charge on any atom is -0.492 e. The van der Waals surface area contributed by atoms with Gasteiger partial charge in [-0.3, -0.25) is 0 Å². The molecule has 1 unspecified atom stereocenters. The molecule has 0 aromatic heterocycles. The van der Waals surface area contributed by atoms with Crippen molar-refractivity contribution in [3.8, 4) is 5.75 Å². The van der Waals surface area contributed by atoms with Gasteiger partial charge >= 0.3 is 0 Å². The van der Waals surface area contributed by atoms with E-state index in [0.29, 0.717) is 11.6 Å². The fraction of sp³-hybridized carbons (Fsp3) is 0.400. The van der Waals surface area contributed by atoms with Crippen molar-refractivity contribution in [3.05, 3.63) is 28.8 Å². The molecule has 1 aliphatic rings. The van der Waals surface area contributed by atoms with Crippen molar-refractivity contribution < 1.29 is 4.74 Å². The number of halogens is 2. The van der Waals surface area contributed by atoms with Crippen LogP contribution in [0.5, 0.6) is 5.75 Å². The largest absolute Gasteiger partial charge is 0.492 e. The molecule has 1 heterocycles. The van der Waals surface area contributed by atoms with E-state index in [1.165, 1.54) is 0 Å². The Morgan fingerprint density at radius 1 is 1.43 bits per heavy atom. The fourth-order valence-corrected chi connectivity index (χ4v) is 1.84. The van der Waals surface area contributed by atoms with Gasteiger partial charge in [-0.05, 0) is 18.9 Å². The predicted molar refractivity (Wildman–Crippen MR) is 60.4 cm³/mol. The van der Waals surface area contributed by atoms with Gasteiger partial charge in [0.2, 0.25) is 0 Å². The highest BCUT2D eigenvalue weighted by atomic mass is 35.5. The van der Waals surface area contributed by atoms with E-state index in [-0.39, 0.29) is 18.4 Å². The molecule has 2 N–H and O–H groups in total. The smallest absolute Gasteiger partial charge is 0.142 e. The lowest BCUT2D eigenvalue weighted by molar-refractivity contribution is 0.316. The van der Waals surface area contributed by atoms with E-state index in [1.54, 1.807) is 0 Å². The van der Waals surface area contributed by atoms with Gasteiger partial charge < -0.3 is 10.5 Å². The maximum atomic E-state index is 6.00. The summed E-state index contributed by atoms with van der Waals surface area (Å²) in [6.07, 6.45) is 1.96. The van der Waals surface area contributed by atoms with E-state index >= 15 is 0 Å². The molecular weight excluding hydrogens is 221 g/mol. The first-order valence-electron chi connectivity index (χ1n) is 4.46. The third-order valence-electron chi connectivity index (χ3n) is 2.30. The predicted octanol–water partition coefficient (Wildman–Crippen LogP) is 2.93. The molecule has 2 nitrogen and oxygen atoms in total. The molecule has 2 rings (SSSR count). The van der Waals surface area contributed by atoms with Gasteiger partial charge in [-0.15, -0.1) is 12.4 Å². The maximum Gasteiger partial charge on any atom is 0.142 e. The van der Waals surface area contributed by atoms with Crippen LogP contribution in [0.15, 0.2) is 18.2 Å². The van der Waals surface area contributed by atoms with Crippen LogP contribution in [0.1, 0.15) is 24.4 Å². The molecular formula is C10H13Cl2NO. The molecule has 0 spiro atoms. The van der Waals surface area contributed by atoms with Gasteiger partial charge in [0, 0.05) is 11.6 Å². The number of fused-ring (bicyclic) bond motifs is 1. The lowest BCUT2D eigenvalue weighted by atomic mass is 10.0. The molecule has 0 radical (unpaired) electrons.